The van der Waals surface area contributed by atoms with Crippen LogP contribution in [0.4, 0.5) is 5.69 Å². The molecule has 2 heterocycles. The molecule has 3 rings (SSSR count). The number of H-pyrrole nitrogens is 1. The molecule has 1 aliphatic heterocycles. The standard InChI is InChI=1S/C19H23ClN4O2/c1-4-5-9-15-21-17(18(20)22-15)13-10-14(26-24-13)19(25)23-16-11(2)7-6-8-12(16)3/h6-8,14H,4-5,9-10H2,1-3H3,(H,21,22)(H,23,25). The van der Waals surface area contributed by atoms with Crippen LogP contribution in [0.2, 0.25) is 5.15 Å². The number of benzene rings is 1. The normalized spacial score (nSPS) is 16.3. The number of hydrogen-bond donors (Lipinski definition) is 2. The Balaban J connectivity index is 1.66. The number of carbonyl (C=O) groups excluding carboxylic acids is 1. The number of aromatic amines is 1. The molecule has 0 bridgehead atoms. The number of halogens is 1. The van der Waals surface area contributed by atoms with Crippen LogP contribution in [0, 0.1) is 13.8 Å². The number of amides is 1. The van der Waals surface area contributed by atoms with Crippen LogP contribution in [0.5, 0.6) is 0 Å². The second kappa shape index (κ2) is 7.91. The summed E-state index contributed by atoms with van der Waals surface area (Å²) in [6.07, 6.45) is 2.61. The highest BCUT2D eigenvalue weighted by Gasteiger charge is 2.31. The lowest BCUT2D eigenvalue weighted by molar-refractivity contribution is -0.125. The van der Waals surface area contributed by atoms with Gasteiger partial charge < -0.3 is 15.1 Å². The van der Waals surface area contributed by atoms with Crippen molar-refractivity contribution in [2.24, 2.45) is 5.16 Å². The number of imidazole rings is 1. The summed E-state index contributed by atoms with van der Waals surface area (Å²) in [4.78, 5) is 25.5. The number of hydrogen-bond acceptors (Lipinski definition) is 4. The van der Waals surface area contributed by atoms with E-state index < -0.39 is 6.10 Å². The molecule has 0 radical (unpaired) electrons. The van der Waals surface area contributed by atoms with Crippen molar-refractivity contribution < 1.29 is 9.63 Å². The van der Waals surface area contributed by atoms with Gasteiger partial charge in [0.15, 0.2) is 0 Å². The minimum Gasteiger partial charge on any atom is -0.382 e. The molecule has 6 nitrogen and oxygen atoms in total. The fourth-order valence-corrected chi connectivity index (χ4v) is 3.19. The number of aryl methyl sites for hydroxylation is 3. The summed E-state index contributed by atoms with van der Waals surface area (Å²) >= 11 is 6.25. The molecule has 7 heteroatoms. The van der Waals surface area contributed by atoms with Gasteiger partial charge in [-0.1, -0.05) is 48.3 Å². The molecule has 1 aromatic carbocycles. The van der Waals surface area contributed by atoms with E-state index in [1.54, 1.807) is 0 Å². The lowest BCUT2D eigenvalue weighted by atomic mass is 10.1. The second-order valence-corrected chi connectivity index (χ2v) is 6.92. The number of nitrogens with one attached hydrogen (secondary N) is 2. The van der Waals surface area contributed by atoms with Crippen LogP contribution in [0.25, 0.3) is 0 Å². The van der Waals surface area contributed by atoms with Crippen LogP contribution in [0.15, 0.2) is 23.4 Å². The molecule has 138 valence electrons. The summed E-state index contributed by atoms with van der Waals surface area (Å²) in [6.45, 7) is 6.04. The van der Waals surface area contributed by atoms with E-state index in [1.807, 2.05) is 32.0 Å². The van der Waals surface area contributed by atoms with Crippen molar-refractivity contribution in [2.45, 2.75) is 52.6 Å². The van der Waals surface area contributed by atoms with Gasteiger partial charge >= 0.3 is 0 Å². The van der Waals surface area contributed by atoms with Gasteiger partial charge in [-0.15, -0.1) is 0 Å². The Morgan fingerprint density at radius 3 is 2.81 bits per heavy atom. The molecular formula is C19H23ClN4O2. The van der Waals surface area contributed by atoms with E-state index in [2.05, 4.69) is 27.4 Å². The number of oxime groups is 1. The van der Waals surface area contributed by atoms with Gasteiger partial charge in [-0.25, -0.2) is 4.98 Å². The number of carbonyl (C=O) groups is 1. The van der Waals surface area contributed by atoms with Gasteiger partial charge in [0.05, 0.1) is 0 Å². The number of unbranched alkanes of at least 4 members (excludes halogenated alkanes) is 1. The van der Waals surface area contributed by atoms with Gasteiger partial charge in [-0.2, -0.15) is 0 Å². The maximum Gasteiger partial charge on any atom is 0.268 e. The third-order valence-electron chi connectivity index (χ3n) is 4.44. The summed E-state index contributed by atoms with van der Waals surface area (Å²) in [7, 11) is 0. The Labute approximate surface area is 158 Å². The van der Waals surface area contributed by atoms with E-state index in [0.717, 1.165) is 41.9 Å². The highest BCUT2D eigenvalue weighted by Crippen LogP contribution is 2.24. The number of nitrogens with zero attached hydrogens (tertiary/aromatic N) is 2. The third-order valence-corrected chi connectivity index (χ3v) is 4.71. The average Bonchev–Trinajstić information content (AvgIpc) is 3.23. The first-order valence-corrected chi connectivity index (χ1v) is 9.22. The predicted molar refractivity (Wildman–Crippen MR) is 103 cm³/mol. The van der Waals surface area contributed by atoms with Gasteiger partial charge in [-0.05, 0) is 31.4 Å². The van der Waals surface area contributed by atoms with E-state index in [0.29, 0.717) is 23.0 Å². The van der Waals surface area contributed by atoms with E-state index in [9.17, 15) is 4.79 Å². The van der Waals surface area contributed by atoms with E-state index >= 15 is 0 Å². The highest BCUT2D eigenvalue weighted by atomic mass is 35.5. The smallest absolute Gasteiger partial charge is 0.268 e. The first-order valence-electron chi connectivity index (χ1n) is 8.84. The topological polar surface area (TPSA) is 79.4 Å². The van der Waals surface area contributed by atoms with Crippen molar-refractivity contribution in [1.29, 1.82) is 0 Å². The second-order valence-electron chi connectivity index (χ2n) is 6.54. The predicted octanol–water partition coefficient (Wildman–Crippen LogP) is 4.15. The zero-order valence-corrected chi connectivity index (χ0v) is 16.0. The summed E-state index contributed by atoms with van der Waals surface area (Å²) < 4.78 is 0. The number of anilines is 1. The average molecular weight is 375 g/mol. The maximum atomic E-state index is 12.6. The van der Waals surface area contributed by atoms with E-state index in [1.165, 1.54) is 0 Å². The molecule has 1 atom stereocenters. The Kier molecular flexibility index (Phi) is 5.61. The van der Waals surface area contributed by atoms with Crippen molar-refractivity contribution in [1.82, 2.24) is 9.97 Å². The first kappa shape index (κ1) is 18.5. The Morgan fingerprint density at radius 2 is 2.12 bits per heavy atom. The quantitative estimate of drug-likeness (QED) is 0.796. The zero-order valence-electron chi connectivity index (χ0n) is 15.2. The van der Waals surface area contributed by atoms with E-state index in [-0.39, 0.29) is 5.91 Å². The van der Waals surface area contributed by atoms with Crippen molar-refractivity contribution in [2.75, 3.05) is 5.32 Å². The molecule has 1 amide bonds. The SMILES string of the molecule is CCCCc1nc(C2=NOC(C(=O)Nc3c(C)cccc3C)C2)c(Cl)[nH]1. The van der Waals surface area contributed by atoms with Gasteiger partial charge in [0.1, 0.15) is 22.4 Å². The number of aromatic nitrogens is 2. The highest BCUT2D eigenvalue weighted by molar-refractivity contribution is 6.33. The van der Waals surface area contributed by atoms with Crippen LogP contribution in [0.3, 0.4) is 0 Å². The number of para-hydroxylation sites is 1. The molecule has 0 spiro atoms. The van der Waals surface area contributed by atoms with Crippen molar-refractivity contribution in [3.63, 3.8) is 0 Å². The largest absolute Gasteiger partial charge is 0.382 e. The molecule has 1 aliphatic rings. The summed E-state index contributed by atoms with van der Waals surface area (Å²) in [6, 6.07) is 5.88. The Hall–Kier alpha value is -2.34. The van der Waals surface area contributed by atoms with Crippen LogP contribution in [-0.2, 0) is 16.1 Å². The minimum absolute atomic E-state index is 0.223. The van der Waals surface area contributed by atoms with Crippen molar-refractivity contribution >= 4 is 28.9 Å². The molecular weight excluding hydrogens is 352 g/mol. The van der Waals surface area contributed by atoms with Gasteiger partial charge in [0.25, 0.3) is 5.91 Å². The summed E-state index contributed by atoms with van der Waals surface area (Å²) in [5.74, 6) is 0.608. The third kappa shape index (κ3) is 3.90. The molecule has 2 N–H and O–H groups in total. The fourth-order valence-electron chi connectivity index (χ4n) is 2.92. The molecule has 1 aromatic heterocycles. The molecule has 1 unspecified atom stereocenters. The van der Waals surface area contributed by atoms with Crippen molar-refractivity contribution in [3.05, 3.63) is 46.0 Å². The minimum atomic E-state index is -0.684. The Morgan fingerprint density at radius 1 is 1.38 bits per heavy atom. The van der Waals surface area contributed by atoms with Crippen LogP contribution >= 0.6 is 11.6 Å². The Bertz CT molecular complexity index is 824. The van der Waals surface area contributed by atoms with Crippen LogP contribution in [0.1, 0.15) is 48.8 Å². The van der Waals surface area contributed by atoms with Crippen LogP contribution < -0.4 is 5.32 Å². The van der Waals surface area contributed by atoms with Gasteiger partial charge in [0, 0.05) is 18.5 Å². The molecule has 0 aliphatic carbocycles. The lowest BCUT2D eigenvalue weighted by Gasteiger charge is -2.13. The van der Waals surface area contributed by atoms with Crippen LogP contribution in [-0.4, -0.2) is 27.7 Å². The fraction of sp³-hybridized carbons (Fsp3) is 0.421. The van der Waals surface area contributed by atoms with Crippen molar-refractivity contribution in [3.8, 4) is 0 Å². The van der Waals surface area contributed by atoms with Gasteiger partial charge in [0.2, 0.25) is 6.10 Å². The molecule has 0 saturated carbocycles. The first-order chi connectivity index (χ1) is 12.5. The zero-order chi connectivity index (χ0) is 18.7. The number of rotatable bonds is 6. The molecule has 0 fully saturated rings. The summed E-state index contributed by atoms with van der Waals surface area (Å²) in [5, 5.41) is 7.42. The molecule has 2 aromatic rings. The maximum absolute atomic E-state index is 12.6. The molecule has 26 heavy (non-hydrogen) atoms. The molecule has 0 saturated heterocycles. The van der Waals surface area contributed by atoms with Gasteiger partial charge in [-0.3, -0.25) is 4.79 Å². The van der Waals surface area contributed by atoms with E-state index in [4.69, 9.17) is 16.4 Å². The monoisotopic (exact) mass is 374 g/mol. The lowest BCUT2D eigenvalue weighted by Crippen LogP contribution is -2.28. The summed E-state index contributed by atoms with van der Waals surface area (Å²) in [5.41, 5.74) is 3.99.